The van der Waals surface area contributed by atoms with Crippen LogP contribution in [-0.2, 0) is 9.59 Å². The molecule has 0 aliphatic carbocycles. The Hall–Kier alpha value is -2.68. The molecule has 0 aliphatic heterocycles. The molecule has 0 aromatic carbocycles. The number of aliphatic carboxylic acids is 2. The summed E-state index contributed by atoms with van der Waals surface area (Å²) in [6.45, 7) is 0. The number of carboxylic acids is 2. The Morgan fingerprint density at radius 3 is 2.12 bits per heavy atom. The van der Waals surface area contributed by atoms with Crippen molar-refractivity contribution in [3.63, 3.8) is 0 Å². The van der Waals surface area contributed by atoms with Crippen LogP contribution in [0, 0.1) is 11.3 Å². The van der Waals surface area contributed by atoms with E-state index in [1.807, 2.05) is 6.07 Å². The Morgan fingerprint density at radius 1 is 1.31 bits per heavy atom. The van der Waals surface area contributed by atoms with Crippen LogP contribution in [0.5, 0.6) is 0 Å². The maximum absolute atomic E-state index is 9.55. The third kappa shape index (κ3) is 7.94. The van der Waals surface area contributed by atoms with E-state index in [9.17, 15) is 9.59 Å². The number of hydrogen-bond acceptors (Lipinski definition) is 4. The van der Waals surface area contributed by atoms with Gasteiger partial charge in [0.2, 0.25) is 0 Å². The van der Waals surface area contributed by atoms with E-state index < -0.39 is 11.9 Å². The summed E-state index contributed by atoms with van der Waals surface area (Å²) in [5, 5.41) is 23.9. The molecule has 82 valence electrons. The molecular formula is C10H8N2O4. The number of carbonyl (C=O) groups is 2. The number of rotatable bonds is 2. The lowest BCUT2D eigenvalue weighted by Crippen LogP contribution is -1.91. The predicted octanol–water partition coefficient (Wildman–Crippen LogP) is 0.665. The molecule has 0 fully saturated rings. The highest BCUT2D eigenvalue weighted by molar-refractivity contribution is 5.89. The molecule has 0 unspecified atom stereocenters. The minimum absolute atomic E-state index is 0.558. The molecule has 2 N–H and O–H groups in total. The molecule has 16 heavy (non-hydrogen) atoms. The highest BCUT2D eigenvalue weighted by Gasteiger charge is 1.88. The Labute approximate surface area is 91.1 Å². The van der Waals surface area contributed by atoms with Crippen LogP contribution in [0.15, 0.2) is 36.7 Å². The van der Waals surface area contributed by atoms with E-state index in [1.165, 1.54) is 6.20 Å². The fourth-order valence-corrected chi connectivity index (χ4v) is 0.571. The van der Waals surface area contributed by atoms with Gasteiger partial charge in [0.15, 0.2) is 0 Å². The van der Waals surface area contributed by atoms with Gasteiger partial charge in [-0.3, -0.25) is 4.98 Å². The number of nitriles is 1. The van der Waals surface area contributed by atoms with Crippen molar-refractivity contribution in [2.24, 2.45) is 0 Å². The average molecular weight is 220 g/mol. The molecule has 0 saturated heterocycles. The van der Waals surface area contributed by atoms with E-state index >= 15 is 0 Å². The van der Waals surface area contributed by atoms with Crippen molar-refractivity contribution >= 4 is 11.9 Å². The second-order valence-corrected chi connectivity index (χ2v) is 2.36. The first-order chi connectivity index (χ1) is 7.56. The van der Waals surface area contributed by atoms with Gasteiger partial charge in [-0.15, -0.1) is 0 Å². The summed E-state index contributed by atoms with van der Waals surface area (Å²) >= 11 is 0. The summed E-state index contributed by atoms with van der Waals surface area (Å²) in [5.41, 5.74) is 0.604. The van der Waals surface area contributed by atoms with Crippen LogP contribution in [0.25, 0.3) is 0 Å². The van der Waals surface area contributed by atoms with E-state index in [-0.39, 0.29) is 0 Å². The molecule has 6 heteroatoms. The lowest BCUT2D eigenvalue weighted by Gasteiger charge is -1.79. The molecular weight excluding hydrogens is 212 g/mol. The third-order valence-corrected chi connectivity index (χ3v) is 1.16. The second kappa shape index (κ2) is 7.70. The van der Waals surface area contributed by atoms with Gasteiger partial charge in [-0.2, -0.15) is 5.26 Å². The van der Waals surface area contributed by atoms with Crippen molar-refractivity contribution in [3.05, 3.63) is 42.2 Å². The normalized spacial score (nSPS) is 8.69. The largest absolute Gasteiger partial charge is 0.478 e. The summed E-state index contributed by atoms with van der Waals surface area (Å²) in [4.78, 5) is 22.8. The molecule has 0 radical (unpaired) electrons. The highest BCUT2D eigenvalue weighted by Crippen LogP contribution is 1.89. The van der Waals surface area contributed by atoms with Gasteiger partial charge < -0.3 is 10.2 Å². The minimum atomic E-state index is -1.26. The van der Waals surface area contributed by atoms with Crippen LogP contribution in [-0.4, -0.2) is 27.1 Å². The number of nitrogens with zero attached hydrogens (tertiary/aromatic N) is 2. The highest BCUT2D eigenvalue weighted by atomic mass is 16.4. The molecule has 0 amide bonds. The summed E-state index contributed by atoms with van der Waals surface area (Å²) in [6, 6.07) is 5.41. The first-order valence-corrected chi connectivity index (χ1v) is 4.00. The Bertz CT molecular complexity index is 404. The summed E-state index contributed by atoms with van der Waals surface area (Å²) < 4.78 is 0. The summed E-state index contributed by atoms with van der Waals surface area (Å²) in [5.74, 6) is -2.51. The minimum Gasteiger partial charge on any atom is -0.478 e. The van der Waals surface area contributed by atoms with Crippen LogP contribution < -0.4 is 0 Å². The fourth-order valence-electron chi connectivity index (χ4n) is 0.571. The van der Waals surface area contributed by atoms with Crippen LogP contribution in [0.1, 0.15) is 5.56 Å². The second-order valence-electron chi connectivity index (χ2n) is 2.36. The molecule has 0 aliphatic rings. The van der Waals surface area contributed by atoms with Crippen molar-refractivity contribution in [1.82, 2.24) is 4.98 Å². The fraction of sp³-hybridized carbons (Fsp3) is 0. The summed E-state index contributed by atoms with van der Waals surface area (Å²) in [7, 11) is 0. The maximum Gasteiger partial charge on any atom is 0.328 e. The molecule has 1 heterocycles. The Morgan fingerprint density at radius 2 is 1.88 bits per heavy atom. The van der Waals surface area contributed by atoms with Gasteiger partial charge in [0.1, 0.15) is 6.07 Å². The topological polar surface area (TPSA) is 111 Å². The van der Waals surface area contributed by atoms with Gasteiger partial charge in [-0.25, -0.2) is 9.59 Å². The van der Waals surface area contributed by atoms with Gasteiger partial charge >= 0.3 is 11.9 Å². The number of aromatic nitrogens is 1. The average Bonchev–Trinajstić information content (AvgIpc) is 2.28. The van der Waals surface area contributed by atoms with E-state index in [0.29, 0.717) is 17.7 Å². The predicted molar refractivity (Wildman–Crippen MR) is 53.4 cm³/mol. The van der Waals surface area contributed by atoms with Crippen molar-refractivity contribution in [2.75, 3.05) is 0 Å². The Balaban J connectivity index is 0.000000281. The van der Waals surface area contributed by atoms with Crippen LogP contribution in [0.2, 0.25) is 0 Å². The van der Waals surface area contributed by atoms with E-state index in [2.05, 4.69) is 4.98 Å². The zero-order valence-corrected chi connectivity index (χ0v) is 8.07. The van der Waals surface area contributed by atoms with E-state index in [1.54, 1.807) is 18.3 Å². The molecule has 1 aromatic heterocycles. The lowest BCUT2D eigenvalue weighted by atomic mass is 10.3. The SMILES string of the molecule is N#Cc1cccnc1.O=C(O)/C=C\C(=O)O. The quantitative estimate of drug-likeness (QED) is 0.708. The lowest BCUT2D eigenvalue weighted by molar-refractivity contribution is -0.134. The monoisotopic (exact) mass is 220 g/mol. The maximum atomic E-state index is 9.55. The molecule has 0 atom stereocenters. The van der Waals surface area contributed by atoms with Gasteiger partial charge in [-0.1, -0.05) is 0 Å². The van der Waals surface area contributed by atoms with Crippen LogP contribution in [0.4, 0.5) is 0 Å². The van der Waals surface area contributed by atoms with Gasteiger partial charge in [0, 0.05) is 24.5 Å². The first kappa shape index (κ1) is 13.3. The zero-order valence-electron chi connectivity index (χ0n) is 8.07. The molecule has 0 bridgehead atoms. The Kier molecular flexibility index (Phi) is 6.41. The van der Waals surface area contributed by atoms with Crippen molar-refractivity contribution < 1.29 is 19.8 Å². The van der Waals surface area contributed by atoms with Crippen molar-refractivity contribution in [2.45, 2.75) is 0 Å². The van der Waals surface area contributed by atoms with E-state index in [4.69, 9.17) is 15.5 Å². The molecule has 1 aromatic rings. The van der Waals surface area contributed by atoms with E-state index in [0.717, 1.165) is 0 Å². The third-order valence-electron chi connectivity index (χ3n) is 1.16. The van der Waals surface area contributed by atoms with Gasteiger partial charge in [0.25, 0.3) is 0 Å². The number of pyridine rings is 1. The van der Waals surface area contributed by atoms with Gasteiger partial charge in [-0.05, 0) is 12.1 Å². The number of carboxylic acid groups (broad SMARTS) is 2. The summed E-state index contributed by atoms with van der Waals surface area (Å²) in [6.07, 6.45) is 4.28. The standard InChI is InChI=1S/C6H4N2.C4H4O4/c7-4-6-2-1-3-8-5-6;5-3(6)1-2-4(7)8/h1-3,5H;1-2H,(H,5,6)(H,7,8)/b;2-1-. The van der Waals surface area contributed by atoms with Crippen LogP contribution in [0.3, 0.4) is 0 Å². The smallest absolute Gasteiger partial charge is 0.328 e. The number of hydrogen-bond donors (Lipinski definition) is 2. The molecule has 6 nitrogen and oxygen atoms in total. The van der Waals surface area contributed by atoms with Crippen LogP contribution >= 0.6 is 0 Å². The first-order valence-electron chi connectivity index (χ1n) is 4.00. The zero-order chi connectivity index (χ0) is 12.4. The van der Waals surface area contributed by atoms with Gasteiger partial charge in [0.05, 0.1) is 5.56 Å². The van der Waals surface area contributed by atoms with Crippen molar-refractivity contribution in [3.8, 4) is 6.07 Å². The molecule has 1 rings (SSSR count). The molecule has 0 spiro atoms. The molecule has 0 saturated carbocycles. The van der Waals surface area contributed by atoms with Crippen molar-refractivity contribution in [1.29, 1.82) is 5.26 Å².